The highest BCUT2D eigenvalue weighted by Gasteiger charge is 2.36. The quantitative estimate of drug-likeness (QED) is 0.791. The lowest BCUT2D eigenvalue weighted by molar-refractivity contribution is 0.194. The van der Waals surface area contributed by atoms with E-state index in [-0.39, 0.29) is 11.3 Å². The van der Waals surface area contributed by atoms with Crippen LogP contribution in [0, 0.1) is 0 Å². The van der Waals surface area contributed by atoms with Crippen LogP contribution in [0.5, 0.6) is 0 Å². The Morgan fingerprint density at radius 2 is 2.11 bits per heavy atom. The van der Waals surface area contributed by atoms with Crippen molar-refractivity contribution in [2.45, 2.75) is 39.2 Å². The van der Waals surface area contributed by atoms with Crippen LogP contribution in [0.15, 0.2) is 35.1 Å². The molecule has 0 amide bonds. The van der Waals surface area contributed by atoms with Crippen LogP contribution in [0.2, 0.25) is 0 Å². The van der Waals surface area contributed by atoms with E-state index in [0.717, 1.165) is 36.2 Å². The molecule has 0 aromatic rings. The van der Waals surface area contributed by atoms with E-state index in [4.69, 9.17) is 4.55 Å². The Bertz CT molecular complexity index is 582. The molecule has 5 heteroatoms. The van der Waals surface area contributed by atoms with Crippen molar-refractivity contribution in [3.05, 3.63) is 35.1 Å². The van der Waals surface area contributed by atoms with Gasteiger partial charge < -0.3 is 4.90 Å². The average Bonchev–Trinajstić information content (AvgIpc) is 2.23. The highest BCUT2D eigenvalue weighted by Crippen LogP contribution is 2.40. The van der Waals surface area contributed by atoms with E-state index in [2.05, 4.69) is 25.3 Å². The van der Waals surface area contributed by atoms with Gasteiger partial charge in [0.25, 0.3) is 10.1 Å². The van der Waals surface area contributed by atoms with Gasteiger partial charge in [0.15, 0.2) is 0 Å². The molecule has 2 rings (SSSR count). The van der Waals surface area contributed by atoms with E-state index in [1.807, 2.05) is 13.0 Å². The van der Waals surface area contributed by atoms with E-state index in [0.29, 0.717) is 5.57 Å². The SMILES string of the molecule is C=C1CCCN2C1=C(C)C(CS(=O)(=O)O)=CC2(C)C. The van der Waals surface area contributed by atoms with Gasteiger partial charge in [0, 0.05) is 12.2 Å². The molecule has 0 saturated carbocycles. The Hall–Kier alpha value is -1.07. The second-order valence-electron chi connectivity index (χ2n) is 5.88. The molecule has 2 heterocycles. The average molecular weight is 283 g/mol. The van der Waals surface area contributed by atoms with Crippen molar-refractivity contribution in [3.8, 4) is 0 Å². The minimum atomic E-state index is -4.01. The first-order chi connectivity index (χ1) is 8.62. The predicted octanol–water partition coefficient (Wildman–Crippen LogP) is 2.52. The number of nitrogens with zero attached hydrogens (tertiary/aromatic N) is 1. The van der Waals surface area contributed by atoms with Gasteiger partial charge in [-0.25, -0.2) is 0 Å². The third-order valence-corrected chi connectivity index (χ3v) is 4.54. The summed E-state index contributed by atoms with van der Waals surface area (Å²) in [5, 5.41) is 0. The molecule has 1 saturated heterocycles. The van der Waals surface area contributed by atoms with Crippen LogP contribution in [-0.2, 0) is 10.1 Å². The van der Waals surface area contributed by atoms with Crippen molar-refractivity contribution < 1.29 is 13.0 Å². The summed E-state index contributed by atoms with van der Waals surface area (Å²) in [5.41, 5.74) is 3.46. The van der Waals surface area contributed by atoms with Gasteiger partial charge in [-0.2, -0.15) is 8.42 Å². The molecule has 2 aliphatic heterocycles. The molecule has 0 aliphatic carbocycles. The maximum Gasteiger partial charge on any atom is 0.269 e. The van der Waals surface area contributed by atoms with Crippen molar-refractivity contribution in [2.24, 2.45) is 0 Å². The van der Waals surface area contributed by atoms with Gasteiger partial charge >= 0.3 is 0 Å². The standard InChI is InChI=1S/C14H21NO3S/c1-10-6-5-7-15-13(10)11(2)12(8-14(15,3)4)9-19(16,17)18/h8H,1,5-7,9H2,2-4H3,(H,16,17,18). The summed E-state index contributed by atoms with van der Waals surface area (Å²) in [7, 11) is -4.01. The van der Waals surface area contributed by atoms with E-state index in [1.54, 1.807) is 0 Å². The first-order valence-corrected chi connectivity index (χ1v) is 8.07. The topological polar surface area (TPSA) is 57.6 Å². The molecule has 0 unspecified atom stereocenters. The number of allylic oxidation sites excluding steroid dienone is 2. The van der Waals surface area contributed by atoms with E-state index < -0.39 is 10.1 Å². The Balaban J connectivity index is 2.51. The summed E-state index contributed by atoms with van der Waals surface area (Å²) >= 11 is 0. The molecule has 19 heavy (non-hydrogen) atoms. The third-order valence-electron chi connectivity index (χ3n) is 3.86. The van der Waals surface area contributed by atoms with E-state index in [1.165, 1.54) is 0 Å². The second kappa shape index (κ2) is 4.49. The van der Waals surface area contributed by atoms with Crippen LogP contribution in [-0.4, -0.2) is 35.7 Å². The first kappa shape index (κ1) is 14.3. The fourth-order valence-electron chi connectivity index (χ4n) is 3.03. The van der Waals surface area contributed by atoms with Crippen molar-refractivity contribution in [2.75, 3.05) is 12.3 Å². The Morgan fingerprint density at radius 1 is 1.47 bits per heavy atom. The number of piperidine rings is 1. The lowest BCUT2D eigenvalue weighted by Gasteiger charge is -2.47. The summed E-state index contributed by atoms with van der Waals surface area (Å²) in [6.07, 6.45) is 3.96. The molecule has 0 spiro atoms. The van der Waals surface area contributed by atoms with E-state index in [9.17, 15) is 8.42 Å². The van der Waals surface area contributed by atoms with Crippen molar-refractivity contribution in [1.82, 2.24) is 4.90 Å². The molecule has 0 radical (unpaired) electrons. The normalized spacial score (nSPS) is 23.3. The number of rotatable bonds is 2. The number of hydrogen-bond donors (Lipinski definition) is 1. The van der Waals surface area contributed by atoms with Gasteiger partial charge in [-0.3, -0.25) is 4.55 Å². The second-order valence-corrected chi connectivity index (χ2v) is 7.33. The zero-order chi connectivity index (χ0) is 14.4. The van der Waals surface area contributed by atoms with Gasteiger partial charge in [0.1, 0.15) is 5.75 Å². The van der Waals surface area contributed by atoms with E-state index >= 15 is 0 Å². The van der Waals surface area contributed by atoms with Crippen molar-refractivity contribution in [1.29, 1.82) is 0 Å². The summed E-state index contributed by atoms with van der Waals surface area (Å²) < 4.78 is 31.4. The zero-order valence-corrected chi connectivity index (χ0v) is 12.5. The molecule has 1 N–H and O–H groups in total. The molecular formula is C14H21NO3S. The van der Waals surface area contributed by atoms with Crippen LogP contribution in [0.4, 0.5) is 0 Å². The van der Waals surface area contributed by atoms with Gasteiger partial charge in [-0.15, -0.1) is 0 Å². The minimum absolute atomic E-state index is 0.252. The highest BCUT2D eigenvalue weighted by molar-refractivity contribution is 7.86. The predicted molar refractivity (Wildman–Crippen MR) is 76.4 cm³/mol. The van der Waals surface area contributed by atoms with Crippen LogP contribution in [0.3, 0.4) is 0 Å². The minimum Gasteiger partial charge on any atom is -0.362 e. The van der Waals surface area contributed by atoms with Crippen molar-refractivity contribution in [3.63, 3.8) is 0 Å². The fraction of sp³-hybridized carbons (Fsp3) is 0.571. The van der Waals surface area contributed by atoms with Crippen LogP contribution < -0.4 is 0 Å². The number of hydrogen-bond acceptors (Lipinski definition) is 3. The number of fused-ring (bicyclic) bond motifs is 1. The summed E-state index contributed by atoms with van der Waals surface area (Å²) in [6.45, 7) is 11.1. The largest absolute Gasteiger partial charge is 0.362 e. The molecule has 0 aromatic heterocycles. The van der Waals surface area contributed by atoms with Gasteiger partial charge in [0.05, 0.1) is 5.54 Å². The monoisotopic (exact) mass is 283 g/mol. The lowest BCUT2D eigenvalue weighted by Crippen LogP contribution is -2.47. The molecule has 0 atom stereocenters. The molecule has 0 aromatic carbocycles. The molecule has 0 bridgehead atoms. The van der Waals surface area contributed by atoms with Gasteiger partial charge in [-0.1, -0.05) is 12.7 Å². The maximum atomic E-state index is 11.2. The molecule has 4 nitrogen and oxygen atoms in total. The summed E-state index contributed by atoms with van der Waals surface area (Å²) in [4.78, 5) is 2.28. The van der Waals surface area contributed by atoms with Gasteiger partial charge in [-0.05, 0) is 50.3 Å². The molecule has 106 valence electrons. The molecule has 1 fully saturated rings. The van der Waals surface area contributed by atoms with Crippen LogP contribution in [0.1, 0.15) is 33.6 Å². The first-order valence-electron chi connectivity index (χ1n) is 6.46. The zero-order valence-electron chi connectivity index (χ0n) is 11.7. The summed E-state index contributed by atoms with van der Waals surface area (Å²) in [5.74, 6) is -0.327. The van der Waals surface area contributed by atoms with Gasteiger partial charge in [0.2, 0.25) is 0 Å². The van der Waals surface area contributed by atoms with Crippen LogP contribution in [0.25, 0.3) is 0 Å². The molecule has 2 aliphatic rings. The Labute approximate surface area is 115 Å². The van der Waals surface area contributed by atoms with Crippen LogP contribution >= 0.6 is 0 Å². The maximum absolute atomic E-state index is 11.2. The lowest BCUT2D eigenvalue weighted by atomic mass is 9.84. The van der Waals surface area contributed by atoms with Crippen molar-refractivity contribution >= 4 is 10.1 Å². The molecular weight excluding hydrogens is 262 g/mol. The highest BCUT2D eigenvalue weighted by atomic mass is 32.2. The smallest absolute Gasteiger partial charge is 0.269 e. The Morgan fingerprint density at radius 3 is 2.68 bits per heavy atom. The third kappa shape index (κ3) is 2.77. The Kier molecular flexibility index (Phi) is 3.39. The summed E-state index contributed by atoms with van der Waals surface area (Å²) in [6, 6.07) is 0. The fourth-order valence-corrected chi connectivity index (χ4v) is 3.72.